The maximum Gasteiger partial charge on any atom is 0.407 e. The van der Waals surface area contributed by atoms with Gasteiger partial charge in [0.1, 0.15) is 5.60 Å². The molecule has 0 unspecified atom stereocenters. The van der Waals surface area contributed by atoms with Gasteiger partial charge in [-0.2, -0.15) is 0 Å². The number of aromatic nitrogens is 1. The van der Waals surface area contributed by atoms with Crippen molar-refractivity contribution in [2.75, 3.05) is 13.2 Å². The summed E-state index contributed by atoms with van der Waals surface area (Å²) < 4.78 is 11.5. The Hall–Kier alpha value is -1.30. The lowest BCUT2D eigenvalue weighted by molar-refractivity contribution is 0.0525. The van der Waals surface area contributed by atoms with Crippen LogP contribution in [0, 0.1) is 0 Å². The van der Waals surface area contributed by atoms with Gasteiger partial charge in [0.15, 0.2) is 5.75 Å². The van der Waals surface area contributed by atoms with Gasteiger partial charge in [-0.15, -0.1) is 0 Å². The Kier molecular flexibility index (Phi) is 6.08. The topological polar surface area (TPSA) is 60.5 Å². The SMILES string of the molecule is CC(C)(C)OC(=O)NCCCOc1cnccc1Br. The molecule has 1 rings (SSSR count). The molecule has 0 aliphatic rings. The van der Waals surface area contributed by atoms with E-state index in [1.165, 1.54) is 0 Å². The summed E-state index contributed by atoms with van der Waals surface area (Å²) >= 11 is 3.37. The fraction of sp³-hybridized carbons (Fsp3) is 0.538. The zero-order valence-electron chi connectivity index (χ0n) is 11.4. The lowest BCUT2D eigenvalue weighted by atomic mass is 10.2. The molecule has 0 aromatic carbocycles. The number of carbonyl (C=O) groups is 1. The maximum absolute atomic E-state index is 11.4. The molecule has 0 spiro atoms. The summed E-state index contributed by atoms with van der Waals surface area (Å²) in [5.41, 5.74) is -0.471. The molecule has 6 heteroatoms. The van der Waals surface area contributed by atoms with Crippen molar-refractivity contribution < 1.29 is 14.3 Å². The summed E-state index contributed by atoms with van der Waals surface area (Å²) in [6.45, 7) is 6.49. The summed E-state index contributed by atoms with van der Waals surface area (Å²) in [7, 11) is 0. The van der Waals surface area contributed by atoms with E-state index in [4.69, 9.17) is 9.47 Å². The molecule has 1 aromatic heterocycles. The Labute approximate surface area is 121 Å². The fourth-order valence-corrected chi connectivity index (χ4v) is 1.56. The average molecular weight is 331 g/mol. The normalized spacial score (nSPS) is 10.9. The summed E-state index contributed by atoms with van der Waals surface area (Å²) in [4.78, 5) is 15.3. The van der Waals surface area contributed by atoms with Crippen molar-refractivity contribution >= 4 is 22.0 Å². The molecular formula is C13H19BrN2O3. The van der Waals surface area contributed by atoms with Crippen LogP contribution >= 0.6 is 15.9 Å². The number of nitrogens with one attached hydrogen (secondary N) is 1. The highest BCUT2D eigenvalue weighted by Gasteiger charge is 2.15. The zero-order chi connectivity index (χ0) is 14.3. The summed E-state index contributed by atoms with van der Waals surface area (Å²) in [5.74, 6) is 0.694. The molecule has 0 saturated heterocycles. The van der Waals surface area contributed by atoms with E-state index in [0.717, 1.165) is 4.47 Å². The van der Waals surface area contributed by atoms with E-state index < -0.39 is 11.7 Å². The number of alkyl carbamates (subject to hydrolysis) is 1. The van der Waals surface area contributed by atoms with Crippen LogP contribution in [0.5, 0.6) is 5.75 Å². The highest BCUT2D eigenvalue weighted by Crippen LogP contribution is 2.22. The minimum Gasteiger partial charge on any atom is -0.491 e. The molecule has 1 N–H and O–H groups in total. The molecule has 0 aliphatic carbocycles. The van der Waals surface area contributed by atoms with E-state index in [2.05, 4.69) is 26.2 Å². The van der Waals surface area contributed by atoms with Crippen molar-refractivity contribution in [1.29, 1.82) is 0 Å². The Morgan fingerprint density at radius 3 is 2.84 bits per heavy atom. The first-order chi connectivity index (χ1) is 8.88. The monoisotopic (exact) mass is 330 g/mol. The van der Waals surface area contributed by atoms with Gasteiger partial charge in [-0.1, -0.05) is 0 Å². The minimum absolute atomic E-state index is 0.407. The molecule has 106 valence electrons. The van der Waals surface area contributed by atoms with Crippen LogP contribution in [0.2, 0.25) is 0 Å². The number of nitrogens with zero attached hydrogens (tertiary/aromatic N) is 1. The number of ether oxygens (including phenoxy) is 2. The van der Waals surface area contributed by atoms with Gasteiger partial charge in [-0.05, 0) is 49.2 Å². The Morgan fingerprint density at radius 1 is 1.47 bits per heavy atom. The van der Waals surface area contributed by atoms with Gasteiger partial charge in [0.25, 0.3) is 0 Å². The molecule has 1 amide bonds. The molecule has 0 atom stereocenters. The predicted octanol–water partition coefficient (Wildman–Crippen LogP) is 3.14. The van der Waals surface area contributed by atoms with Gasteiger partial charge in [-0.3, -0.25) is 4.98 Å². The van der Waals surface area contributed by atoms with Crippen LogP contribution in [0.3, 0.4) is 0 Å². The first kappa shape index (κ1) is 15.8. The number of rotatable bonds is 5. The number of halogens is 1. The number of hydrogen-bond donors (Lipinski definition) is 1. The van der Waals surface area contributed by atoms with E-state index in [1.807, 2.05) is 26.8 Å². The molecule has 5 nitrogen and oxygen atoms in total. The number of carbonyl (C=O) groups excluding carboxylic acids is 1. The molecule has 0 bridgehead atoms. The van der Waals surface area contributed by atoms with Crippen molar-refractivity contribution in [2.45, 2.75) is 32.8 Å². The number of amides is 1. The van der Waals surface area contributed by atoms with E-state index in [-0.39, 0.29) is 0 Å². The first-order valence-corrected chi connectivity index (χ1v) is 6.87. The van der Waals surface area contributed by atoms with Crippen molar-refractivity contribution in [1.82, 2.24) is 10.3 Å². The van der Waals surface area contributed by atoms with E-state index in [9.17, 15) is 4.79 Å². The van der Waals surface area contributed by atoms with Gasteiger partial charge in [0.2, 0.25) is 0 Å². The van der Waals surface area contributed by atoms with Gasteiger partial charge in [0.05, 0.1) is 17.3 Å². The molecule has 0 fully saturated rings. The van der Waals surface area contributed by atoms with E-state index in [0.29, 0.717) is 25.3 Å². The fourth-order valence-electron chi connectivity index (χ4n) is 1.23. The predicted molar refractivity (Wildman–Crippen MR) is 76.3 cm³/mol. The van der Waals surface area contributed by atoms with Gasteiger partial charge >= 0.3 is 6.09 Å². The second-order valence-corrected chi connectivity index (χ2v) is 5.79. The quantitative estimate of drug-likeness (QED) is 0.842. The molecule has 19 heavy (non-hydrogen) atoms. The lowest BCUT2D eigenvalue weighted by Gasteiger charge is -2.19. The van der Waals surface area contributed by atoms with Crippen molar-refractivity contribution in [3.63, 3.8) is 0 Å². The summed E-state index contributed by atoms with van der Waals surface area (Å²) in [6.07, 6.45) is 3.61. The van der Waals surface area contributed by atoms with Crippen molar-refractivity contribution in [2.24, 2.45) is 0 Å². The van der Waals surface area contributed by atoms with Gasteiger partial charge in [-0.25, -0.2) is 4.79 Å². The third kappa shape index (κ3) is 7.00. The third-order valence-electron chi connectivity index (χ3n) is 1.98. The molecule has 0 saturated carbocycles. The first-order valence-electron chi connectivity index (χ1n) is 6.07. The van der Waals surface area contributed by atoms with Crippen molar-refractivity contribution in [3.05, 3.63) is 22.9 Å². The zero-order valence-corrected chi connectivity index (χ0v) is 13.0. The third-order valence-corrected chi connectivity index (χ3v) is 2.64. The number of hydrogen-bond acceptors (Lipinski definition) is 4. The lowest BCUT2D eigenvalue weighted by Crippen LogP contribution is -2.33. The van der Waals surface area contributed by atoms with Crippen LogP contribution in [-0.4, -0.2) is 29.8 Å². The standard InChI is InChI=1S/C13H19BrN2O3/c1-13(2,3)19-12(17)16-6-4-8-18-11-9-15-7-5-10(11)14/h5,7,9H,4,6,8H2,1-3H3,(H,16,17). The van der Waals surface area contributed by atoms with Crippen LogP contribution in [-0.2, 0) is 4.74 Å². The average Bonchev–Trinajstić information content (AvgIpc) is 2.28. The Balaban J connectivity index is 2.15. The Morgan fingerprint density at radius 2 is 2.21 bits per heavy atom. The summed E-state index contributed by atoms with van der Waals surface area (Å²) in [5, 5.41) is 2.67. The van der Waals surface area contributed by atoms with E-state index >= 15 is 0 Å². The van der Waals surface area contributed by atoms with Gasteiger partial charge in [0, 0.05) is 12.7 Å². The highest BCUT2D eigenvalue weighted by atomic mass is 79.9. The number of pyridine rings is 1. The van der Waals surface area contributed by atoms with Crippen LogP contribution < -0.4 is 10.1 Å². The minimum atomic E-state index is -0.471. The van der Waals surface area contributed by atoms with E-state index in [1.54, 1.807) is 12.4 Å². The van der Waals surface area contributed by atoms with Crippen LogP contribution in [0.15, 0.2) is 22.9 Å². The molecule has 1 aromatic rings. The Bertz CT molecular complexity index is 419. The molecular weight excluding hydrogens is 312 g/mol. The second kappa shape index (κ2) is 7.33. The highest BCUT2D eigenvalue weighted by molar-refractivity contribution is 9.10. The van der Waals surface area contributed by atoms with Gasteiger partial charge < -0.3 is 14.8 Å². The van der Waals surface area contributed by atoms with Crippen LogP contribution in [0.4, 0.5) is 4.79 Å². The second-order valence-electron chi connectivity index (χ2n) is 4.94. The summed E-state index contributed by atoms with van der Waals surface area (Å²) in [6, 6.07) is 1.81. The molecule has 0 aliphatic heterocycles. The maximum atomic E-state index is 11.4. The largest absolute Gasteiger partial charge is 0.491 e. The smallest absolute Gasteiger partial charge is 0.407 e. The van der Waals surface area contributed by atoms with Crippen LogP contribution in [0.25, 0.3) is 0 Å². The van der Waals surface area contributed by atoms with Crippen LogP contribution in [0.1, 0.15) is 27.2 Å². The molecule has 0 radical (unpaired) electrons. The molecule has 1 heterocycles. The van der Waals surface area contributed by atoms with Crippen molar-refractivity contribution in [3.8, 4) is 5.75 Å².